The van der Waals surface area contributed by atoms with Crippen molar-refractivity contribution in [1.82, 2.24) is 0 Å². The van der Waals surface area contributed by atoms with Crippen LogP contribution in [0.25, 0.3) is 5.32 Å². The Morgan fingerprint density at radius 3 is 2.07 bits per heavy atom. The normalized spacial score (nSPS) is 24.2. The van der Waals surface area contributed by atoms with E-state index in [1.807, 2.05) is 21.0 Å². The third-order valence-corrected chi connectivity index (χ3v) is 3.26. The van der Waals surface area contributed by atoms with Crippen LogP contribution in [0.2, 0.25) is 0 Å². The third-order valence-electron chi connectivity index (χ3n) is 3.26. The van der Waals surface area contributed by atoms with Gasteiger partial charge >= 0.3 is 0 Å². The van der Waals surface area contributed by atoms with Crippen LogP contribution >= 0.6 is 0 Å². The third kappa shape index (κ3) is 3.55. The molecule has 2 nitrogen and oxygen atoms in total. The second-order valence-electron chi connectivity index (χ2n) is 3.94. The van der Waals surface area contributed by atoms with Gasteiger partial charge in [-0.2, -0.15) is 0 Å². The number of hydrogen-bond donors (Lipinski definition) is 0. The number of hydrogen-bond acceptors (Lipinski definition) is 1. The fraction of sp³-hybridized carbons (Fsp3) is 1.00. The molecular formula is C11H22NOY-. The first kappa shape index (κ1) is 15.0. The minimum atomic E-state index is 0. The van der Waals surface area contributed by atoms with Crippen LogP contribution in [0, 0.1) is 5.41 Å². The van der Waals surface area contributed by atoms with Gasteiger partial charge in [0.25, 0.3) is 0 Å². The van der Waals surface area contributed by atoms with Crippen LogP contribution in [0.15, 0.2) is 0 Å². The Morgan fingerprint density at radius 1 is 1.14 bits per heavy atom. The molecule has 0 aromatic heterocycles. The van der Waals surface area contributed by atoms with Crippen LogP contribution in [-0.4, -0.2) is 26.3 Å². The molecule has 1 radical (unpaired) electrons. The Balaban J connectivity index is 0.000000531. The van der Waals surface area contributed by atoms with Crippen LogP contribution in [0.4, 0.5) is 0 Å². The largest absolute Gasteiger partial charge is 0.662 e. The molecule has 1 aliphatic heterocycles. The molecule has 0 amide bonds. The van der Waals surface area contributed by atoms with Gasteiger partial charge in [-0.3, -0.25) is 0 Å². The van der Waals surface area contributed by atoms with Crippen molar-refractivity contribution in [2.75, 3.05) is 20.2 Å². The van der Waals surface area contributed by atoms with Crippen molar-refractivity contribution < 1.29 is 37.4 Å². The quantitative estimate of drug-likeness (QED) is 0.720. The minimum absolute atomic E-state index is 0. The molecule has 0 bridgehead atoms. The van der Waals surface area contributed by atoms with Gasteiger partial charge in [-0.25, -0.2) is 0 Å². The predicted molar refractivity (Wildman–Crippen MR) is 56.1 cm³/mol. The summed E-state index contributed by atoms with van der Waals surface area (Å²) in [5.41, 5.74) is 0.655. The van der Waals surface area contributed by atoms with Gasteiger partial charge in [-0.05, 0) is 18.3 Å². The summed E-state index contributed by atoms with van der Waals surface area (Å²) in [6.07, 6.45) is 5.77. The van der Waals surface area contributed by atoms with E-state index >= 15 is 0 Å². The first-order chi connectivity index (χ1) is 6.35. The maximum Gasteiger partial charge on any atom is 0.0582 e. The topological polar surface area (TPSA) is 23.3 Å². The Morgan fingerprint density at radius 2 is 1.64 bits per heavy atom. The summed E-state index contributed by atoms with van der Waals surface area (Å²) in [6, 6.07) is 0. The number of rotatable bonds is 1. The van der Waals surface area contributed by atoms with Gasteiger partial charge in [0.15, 0.2) is 0 Å². The van der Waals surface area contributed by atoms with E-state index in [4.69, 9.17) is 4.74 Å². The molecule has 0 N–H and O–H groups in total. The van der Waals surface area contributed by atoms with Crippen LogP contribution in [0.5, 0.6) is 0 Å². The molecular weight excluding hydrogens is 251 g/mol. The fourth-order valence-corrected chi connectivity index (χ4v) is 2.35. The summed E-state index contributed by atoms with van der Waals surface area (Å²) in [7, 11) is 1.82. The van der Waals surface area contributed by atoms with E-state index in [0.717, 1.165) is 13.1 Å². The molecule has 0 atom stereocenters. The van der Waals surface area contributed by atoms with E-state index in [-0.39, 0.29) is 32.7 Å². The van der Waals surface area contributed by atoms with E-state index in [1.165, 1.54) is 25.7 Å². The standard InChI is InChI=1S/C9H16NO.C2H6.Y/c1-11-8-6-9(7-8)2-4-10-5-3-9;1-2;/h8H,2-7H2,1H3;1-2H3;/q-1;;. The summed E-state index contributed by atoms with van der Waals surface area (Å²) in [5, 5.41) is 4.36. The van der Waals surface area contributed by atoms with Crippen LogP contribution < -0.4 is 0 Å². The van der Waals surface area contributed by atoms with Crippen molar-refractivity contribution in [2.24, 2.45) is 5.41 Å². The van der Waals surface area contributed by atoms with Gasteiger partial charge < -0.3 is 10.1 Å². The van der Waals surface area contributed by atoms with Crippen molar-refractivity contribution in [3.63, 3.8) is 0 Å². The summed E-state index contributed by atoms with van der Waals surface area (Å²) >= 11 is 0. The second kappa shape index (κ2) is 7.32. The second-order valence-corrected chi connectivity index (χ2v) is 3.94. The molecule has 1 saturated heterocycles. The Labute approximate surface area is 113 Å². The average Bonchev–Trinajstić information content (AvgIpc) is 2.18. The van der Waals surface area contributed by atoms with Gasteiger partial charge in [0.1, 0.15) is 0 Å². The SMILES string of the molecule is CC.COC1CC2(CC[N-]CC2)C1.[Y]. The summed E-state index contributed by atoms with van der Waals surface area (Å²) in [5.74, 6) is 0. The van der Waals surface area contributed by atoms with E-state index in [0.29, 0.717) is 11.5 Å². The zero-order valence-electron chi connectivity index (χ0n) is 9.75. The maximum absolute atomic E-state index is 5.28. The minimum Gasteiger partial charge on any atom is -0.662 e. The van der Waals surface area contributed by atoms with Gasteiger partial charge in [-0.15, -0.1) is 13.1 Å². The molecule has 1 saturated carbocycles. The maximum atomic E-state index is 5.28. The molecule has 1 heterocycles. The van der Waals surface area contributed by atoms with E-state index < -0.39 is 0 Å². The molecule has 81 valence electrons. The molecule has 0 aromatic carbocycles. The van der Waals surface area contributed by atoms with Crippen molar-refractivity contribution in [1.29, 1.82) is 0 Å². The number of ether oxygens (including phenoxy) is 1. The molecule has 3 heteroatoms. The molecule has 2 fully saturated rings. The van der Waals surface area contributed by atoms with Crippen molar-refractivity contribution in [3.05, 3.63) is 5.32 Å². The van der Waals surface area contributed by atoms with Crippen molar-refractivity contribution >= 4 is 0 Å². The average molecular weight is 273 g/mol. The molecule has 1 spiro atoms. The van der Waals surface area contributed by atoms with Crippen LogP contribution in [-0.2, 0) is 37.4 Å². The monoisotopic (exact) mass is 273 g/mol. The molecule has 14 heavy (non-hydrogen) atoms. The summed E-state index contributed by atoms with van der Waals surface area (Å²) in [4.78, 5) is 0. The summed E-state index contributed by atoms with van der Waals surface area (Å²) < 4.78 is 5.28. The van der Waals surface area contributed by atoms with Gasteiger partial charge in [-0.1, -0.05) is 26.7 Å². The smallest absolute Gasteiger partial charge is 0.0582 e. The predicted octanol–water partition coefficient (Wildman–Crippen LogP) is 2.97. The zero-order chi connectivity index (χ0) is 9.73. The first-order valence-corrected chi connectivity index (χ1v) is 5.51. The Kier molecular flexibility index (Phi) is 7.86. The summed E-state index contributed by atoms with van der Waals surface area (Å²) in [6.45, 7) is 6.19. The van der Waals surface area contributed by atoms with Crippen LogP contribution in [0.3, 0.4) is 0 Å². The van der Waals surface area contributed by atoms with E-state index in [1.54, 1.807) is 0 Å². The Hall–Kier alpha value is 1.02. The van der Waals surface area contributed by atoms with Gasteiger partial charge in [0.05, 0.1) is 6.10 Å². The number of piperidine rings is 1. The van der Waals surface area contributed by atoms with Gasteiger partial charge in [0.2, 0.25) is 0 Å². The van der Waals surface area contributed by atoms with E-state index in [9.17, 15) is 0 Å². The molecule has 1 aliphatic carbocycles. The van der Waals surface area contributed by atoms with Gasteiger partial charge in [0, 0.05) is 39.8 Å². The van der Waals surface area contributed by atoms with Crippen molar-refractivity contribution in [2.45, 2.75) is 45.6 Å². The van der Waals surface area contributed by atoms with Crippen LogP contribution in [0.1, 0.15) is 39.5 Å². The number of methoxy groups -OCH3 is 1. The van der Waals surface area contributed by atoms with Crippen molar-refractivity contribution in [3.8, 4) is 0 Å². The Bertz CT molecular complexity index is 138. The molecule has 0 unspecified atom stereocenters. The number of nitrogens with zero attached hydrogens (tertiary/aromatic N) is 1. The molecule has 2 aliphatic rings. The fourth-order valence-electron chi connectivity index (χ4n) is 2.35. The molecule has 0 aromatic rings. The zero-order valence-corrected chi connectivity index (χ0v) is 12.6. The first-order valence-electron chi connectivity index (χ1n) is 5.51. The molecule has 2 rings (SSSR count). The van der Waals surface area contributed by atoms with E-state index in [2.05, 4.69) is 5.32 Å².